The molecule has 0 aliphatic carbocycles. The van der Waals surface area contributed by atoms with Gasteiger partial charge in [0.1, 0.15) is 5.82 Å². The Morgan fingerprint density at radius 2 is 2.00 bits per heavy atom. The minimum absolute atomic E-state index is 0.212. The molecule has 0 saturated carbocycles. The number of anilines is 1. The molecule has 0 amide bonds. The molecule has 1 aromatic carbocycles. The third kappa shape index (κ3) is 2.45. The van der Waals surface area contributed by atoms with E-state index < -0.39 is 0 Å². The van der Waals surface area contributed by atoms with E-state index in [-0.39, 0.29) is 6.04 Å². The van der Waals surface area contributed by atoms with Gasteiger partial charge >= 0.3 is 0 Å². The lowest BCUT2D eigenvalue weighted by Gasteiger charge is -2.24. The highest BCUT2D eigenvalue weighted by Crippen LogP contribution is 2.35. The number of benzene rings is 1. The molecule has 6 heteroatoms. The van der Waals surface area contributed by atoms with Gasteiger partial charge in [0, 0.05) is 13.1 Å². The van der Waals surface area contributed by atoms with Crippen LogP contribution in [0.25, 0.3) is 11.0 Å². The van der Waals surface area contributed by atoms with E-state index in [1.54, 1.807) is 12.4 Å². The van der Waals surface area contributed by atoms with Crippen molar-refractivity contribution in [3.05, 3.63) is 47.5 Å². The number of imidazole rings is 1. The Labute approximate surface area is 139 Å². The van der Waals surface area contributed by atoms with E-state index in [9.17, 15) is 0 Å². The SMILES string of the molecule is CCn1c(C2CCCN2c2ncc(Cl)cn2)nc2ccccc21. The molecule has 1 atom stereocenters. The van der Waals surface area contributed by atoms with Gasteiger partial charge in [0.2, 0.25) is 5.95 Å². The van der Waals surface area contributed by atoms with Crippen molar-refractivity contribution in [2.45, 2.75) is 32.4 Å². The molecular weight excluding hydrogens is 310 g/mol. The Bertz CT molecular complexity index is 827. The first-order chi connectivity index (χ1) is 11.3. The molecule has 3 heterocycles. The summed E-state index contributed by atoms with van der Waals surface area (Å²) in [6.07, 6.45) is 5.49. The van der Waals surface area contributed by atoms with E-state index >= 15 is 0 Å². The van der Waals surface area contributed by atoms with Gasteiger partial charge in [-0.1, -0.05) is 23.7 Å². The third-order valence-corrected chi connectivity index (χ3v) is 4.61. The molecular formula is C17H18ClN5. The molecule has 1 saturated heterocycles. The average Bonchev–Trinajstić information content (AvgIpc) is 3.19. The zero-order chi connectivity index (χ0) is 15.8. The molecule has 118 valence electrons. The van der Waals surface area contributed by atoms with Crippen molar-refractivity contribution in [2.24, 2.45) is 0 Å². The second-order valence-corrected chi connectivity index (χ2v) is 6.19. The summed E-state index contributed by atoms with van der Waals surface area (Å²) in [6, 6.07) is 8.52. The van der Waals surface area contributed by atoms with Crippen LogP contribution in [0.4, 0.5) is 5.95 Å². The number of rotatable bonds is 3. The van der Waals surface area contributed by atoms with Crippen LogP contribution >= 0.6 is 11.6 Å². The normalized spacial score (nSPS) is 18.0. The predicted molar refractivity (Wildman–Crippen MR) is 91.8 cm³/mol. The van der Waals surface area contributed by atoms with Crippen LogP contribution in [0.2, 0.25) is 5.02 Å². The van der Waals surface area contributed by atoms with Crippen molar-refractivity contribution in [1.82, 2.24) is 19.5 Å². The fourth-order valence-electron chi connectivity index (χ4n) is 3.41. The van der Waals surface area contributed by atoms with Crippen molar-refractivity contribution < 1.29 is 0 Å². The molecule has 0 N–H and O–H groups in total. The second-order valence-electron chi connectivity index (χ2n) is 5.76. The topological polar surface area (TPSA) is 46.8 Å². The number of halogens is 1. The zero-order valence-corrected chi connectivity index (χ0v) is 13.7. The number of aryl methyl sites for hydroxylation is 1. The number of nitrogens with zero attached hydrogens (tertiary/aromatic N) is 5. The molecule has 0 bridgehead atoms. The quantitative estimate of drug-likeness (QED) is 0.733. The maximum absolute atomic E-state index is 5.91. The smallest absolute Gasteiger partial charge is 0.225 e. The van der Waals surface area contributed by atoms with Gasteiger partial charge in [-0.25, -0.2) is 15.0 Å². The van der Waals surface area contributed by atoms with Gasteiger partial charge < -0.3 is 9.47 Å². The molecule has 1 unspecified atom stereocenters. The zero-order valence-electron chi connectivity index (χ0n) is 13.0. The van der Waals surface area contributed by atoms with Crippen molar-refractivity contribution >= 4 is 28.6 Å². The Kier molecular flexibility index (Phi) is 3.65. The summed E-state index contributed by atoms with van der Waals surface area (Å²) in [4.78, 5) is 15.9. The lowest BCUT2D eigenvalue weighted by Crippen LogP contribution is -2.26. The van der Waals surface area contributed by atoms with Crippen molar-refractivity contribution in [1.29, 1.82) is 0 Å². The first-order valence-corrected chi connectivity index (χ1v) is 8.35. The van der Waals surface area contributed by atoms with E-state index in [0.29, 0.717) is 5.02 Å². The third-order valence-electron chi connectivity index (χ3n) is 4.41. The summed E-state index contributed by atoms with van der Waals surface area (Å²) >= 11 is 5.91. The Balaban J connectivity index is 1.78. The van der Waals surface area contributed by atoms with Crippen LogP contribution in [0.1, 0.15) is 31.6 Å². The monoisotopic (exact) mass is 327 g/mol. The highest BCUT2D eigenvalue weighted by Gasteiger charge is 2.31. The maximum Gasteiger partial charge on any atom is 0.225 e. The van der Waals surface area contributed by atoms with Crippen LogP contribution in [-0.4, -0.2) is 26.1 Å². The summed E-state index contributed by atoms with van der Waals surface area (Å²) in [5, 5.41) is 0.560. The van der Waals surface area contributed by atoms with Crippen LogP contribution in [0.3, 0.4) is 0 Å². The van der Waals surface area contributed by atoms with E-state index in [1.165, 1.54) is 5.52 Å². The Morgan fingerprint density at radius 1 is 1.22 bits per heavy atom. The highest BCUT2D eigenvalue weighted by atomic mass is 35.5. The lowest BCUT2D eigenvalue weighted by atomic mass is 10.2. The highest BCUT2D eigenvalue weighted by molar-refractivity contribution is 6.30. The predicted octanol–water partition coefficient (Wildman–Crippen LogP) is 3.84. The first-order valence-electron chi connectivity index (χ1n) is 7.97. The molecule has 1 aliphatic heterocycles. The van der Waals surface area contributed by atoms with Crippen molar-refractivity contribution in [3.8, 4) is 0 Å². The van der Waals surface area contributed by atoms with Gasteiger partial charge in [-0.15, -0.1) is 0 Å². The van der Waals surface area contributed by atoms with E-state index in [1.807, 2.05) is 6.07 Å². The molecule has 23 heavy (non-hydrogen) atoms. The van der Waals surface area contributed by atoms with Crippen LogP contribution < -0.4 is 4.90 Å². The first kappa shape index (κ1) is 14.5. The van der Waals surface area contributed by atoms with Gasteiger partial charge in [0.15, 0.2) is 0 Å². The molecule has 0 spiro atoms. The Morgan fingerprint density at radius 3 is 2.78 bits per heavy atom. The number of hydrogen-bond acceptors (Lipinski definition) is 4. The van der Waals surface area contributed by atoms with Crippen LogP contribution in [0, 0.1) is 0 Å². The molecule has 2 aromatic heterocycles. The number of para-hydroxylation sites is 2. The van der Waals surface area contributed by atoms with Gasteiger partial charge in [-0.05, 0) is 31.9 Å². The molecule has 3 aromatic rings. The second kappa shape index (κ2) is 5.81. The summed E-state index contributed by atoms with van der Waals surface area (Å²) in [5.41, 5.74) is 2.24. The lowest BCUT2D eigenvalue weighted by molar-refractivity contribution is 0.602. The Hall–Kier alpha value is -2.14. The molecule has 5 nitrogen and oxygen atoms in total. The van der Waals surface area contributed by atoms with Crippen LogP contribution in [0.5, 0.6) is 0 Å². The van der Waals surface area contributed by atoms with Crippen molar-refractivity contribution in [2.75, 3.05) is 11.4 Å². The standard InChI is InChI=1S/C17H18ClN5/c1-2-22-14-7-4-3-6-13(14)21-16(22)15-8-5-9-23(15)17-19-10-12(18)11-20-17/h3-4,6-7,10-11,15H,2,5,8-9H2,1H3. The molecule has 4 rings (SSSR count). The minimum atomic E-state index is 0.212. The fourth-order valence-corrected chi connectivity index (χ4v) is 3.51. The van der Waals surface area contributed by atoms with Crippen LogP contribution in [-0.2, 0) is 6.54 Å². The molecule has 1 aliphatic rings. The summed E-state index contributed by atoms with van der Waals surface area (Å²) < 4.78 is 2.30. The number of aromatic nitrogens is 4. The van der Waals surface area contributed by atoms with E-state index in [4.69, 9.17) is 16.6 Å². The average molecular weight is 328 g/mol. The number of fused-ring (bicyclic) bond motifs is 1. The summed E-state index contributed by atoms with van der Waals surface area (Å²) in [5.74, 6) is 1.83. The maximum atomic E-state index is 5.91. The fraction of sp³-hybridized carbons (Fsp3) is 0.353. The number of hydrogen-bond donors (Lipinski definition) is 0. The van der Waals surface area contributed by atoms with Crippen molar-refractivity contribution in [3.63, 3.8) is 0 Å². The van der Waals surface area contributed by atoms with Crippen LogP contribution in [0.15, 0.2) is 36.7 Å². The summed E-state index contributed by atoms with van der Waals surface area (Å²) in [7, 11) is 0. The molecule has 1 fully saturated rings. The van der Waals surface area contributed by atoms with Gasteiger partial charge in [-0.2, -0.15) is 0 Å². The van der Waals surface area contributed by atoms with E-state index in [2.05, 4.69) is 44.6 Å². The van der Waals surface area contributed by atoms with Gasteiger partial charge in [-0.3, -0.25) is 0 Å². The summed E-state index contributed by atoms with van der Waals surface area (Å²) in [6.45, 7) is 4.01. The van der Waals surface area contributed by atoms with Gasteiger partial charge in [0.25, 0.3) is 0 Å². The largest absolute Gasteiger partial charge is 0.331 e. The van der Waals surface area contributed by atoms with E-state index in [0.717, 1.165) is 43.2 Å². The van der Waals surface area contributed by atoms with Gasteiger partial charge in [0.05, 0.1) is 34.5 Å². The minimum Gasteiger partial charge on any atom is -0.331 e. The molecule has 0 radical (unpaired) electrons.